The molecule has 4 nitrogen and oxygen atoms in total. The van der Waals surface area contributed by atoms with E-state index in [2.05, 4.69) is 24.1 Å². The van der Waals surface area contributed by atoms with Crippen molar-refractivity contribution < 1.29 is 14.3 Å². The van der Waals surface area contributed by atoms with E-state index in [1.165, 1.54) is 12.1 Å². The molecule has 5 heteroatoms. The summed E-state index contributed by atoms with van der Waals surface area (Å²) in [6.07, 6.45) is 0. The number of nitrogens with zero attached hydrogens (tertiary/aromatic N) is 1. The van der Waals surface area contributed by atoms with E-state index in [0.29, 0.717) is 12.1 Å². The molecule has 0 aliphatic carbocycles. The van der Waals surface area contributed by atoms with Crippen molar-refractivity contribution in [2.45, 2.75) is 26.8 Å². The van der Waals surface area contributed by atoms with Gasteiger partial charge in [0.05, 0.1) is 0 Å². The van der Waals surface area contributed by atoms with Crippen LogP contribution in [0.1, 0.15) is 31.0 Å². The van der Waals surface area contributed by atoms with Crippen LogP contribution < -0.4 is 5.32 Å². The number of carboxylic acids is 1. The summed E-state index contributed by atoms with van der Waals surface area (Å²) in [5, 5.41) is 12.3. The van der Waals surface area contributed by atoms with Crippen LogP contribution in [0.5, 0.6) is 0 Å². The normalized spacial score (nSPS) is 12.7. The monoisotopic (exact) mass is 282 g/mol. The molecule has 0 amide bonds. The summed E-state index contributed by atoms with van der Waals surface area (Å²) in [5.74, 6) is -1.40. The third-order valence-electron chi connectivity index (χ3n) is 3.47. The Morgan fingerprint density at radius 2 is 2.05 bits per heavy atom. The number of aryl methyl sites for hydroxylation is 1. The van der Waals surface area contributed by atoms with Gasteiger partial charge >= 0.3 is 5.97 Å². The zero-order valence-electron chi connectivity index (χ0n) is 12.3. The lowest BCUT2D eigenvalue weighted by atomic mass is 10.0. The Morgan fingerprint density at radius 1 is 1.40 bits per heavy atom. The molecule has 112 valence electrons. The lowest BCUT2D eigenvalue weighted by molar-refractivity contribution is -0.139. The van der Waals surface area contributed by atoms with Crippen LogP contribution in [0, 0.1) is 12.7 Å². The van der Waals surface area contributed by atoms with Crippen molar-refractivity contribution in [3.8, 4) is 0 Å². The Morgan fingerprint density at radius 3 is 2.60 bits per heavy atom. The first kappa shape index (κ1) is 16.6. The lowest BCUT2D eigenvalue weighted by Crippen LogP contribution is -2.36. The van der Waals surface area contributed by atoms with Gasteiger partial charge in [0, 0.05) is 13.1 Å². The number of halogens is 1. The minimum atomic E-state index is -0.988. The van der Waals surface area contributed by atoms with Crippen LogP contribution >= 0.6 is 0 Å². The molecular formula is C15H23FN2O2. The molecule has 1 rings (SSSR count). The first-order chi connectivity index (χ1) is 9.49. The van der Waals surface area contributed by atoms with E-state index in [4.69, 9.17) is 0 Å². The van der Waals surface area contributed by atoms with Gasteiger partial charge in [0.2, 0.25) is 0 Å². The van der Waals surface area contributed by atoms with Crippen molar-refractivity contribution >= 4 is 5.97 Å². The Hall–Kier alpha value is -1.46. The number of nitrogens with one attached hydrogen (secondary N) is 1. The number of rotatable bonds is 8. The quantitative estimate of drug-likeness (QED) is 0.767. The fraction of sp³-hybridized carbons (Fsp3) is 0.533. The molecule has 0 fully saturated rings. The van der Waals surface area contributed by atoms with E-state index in [0.717, 1.165) is 25.2 Å². The van der Waals surface area contributed by atoms with Crippen molar-refractivity contribution in [3.05, 3.63) is 35.1 Å². The number of hydrogen-bond acceptors (Lipinski definition) is 3. The SMILES string of the molecule is CCN(CC)CCNC(C(=O)O)c1cc(F)ccc1C. The molecule has 0 aromatic heterocycles. The standard InChI is InChI=1S/C15H23FN2O2/c1-4-18(5-2)9-8-17-14(15(19)20)13-10-12(16)7-6-11(13)3/h6-7,10,14,17H,4-5,8-9H2,1-3H3,(H,19,20). The fourth-order valence-corrected chi connectivity index (χ4v) is 2.16. The van der Waals surface area contributed by atoms with E-state index >= 15 is 0 Å². The largest absolute Gasteiger partial charge is 0.480 e. The lowest BCUT2D eigenvalue weighted by Gasteiger charge is -2.21. The molecule has 20 heavy (non-hydrogen) atoms. The van der Waals surface area contributed by atoms with Crippen LogP contribution in [-0.4, -0.2) is 42.2 Å². The Labute approximate surface area is 119 Å². The van der Waals surface area contributed by atoms with Crippen LogP contribution in [-0.2, 0) is 4.79 Å². The number of aliphatic carboxylic acids is 1. The van der Waals surface area contributed by atoms with Crippen LogP contribution in [0.15, 0.2) is 18.2 Å². The molecule has 0 saturated heterocycles. The molecule has 0 aliphatic rings. The fourth-order valence-electron chi connectivity index (χ4n) is 2.16. The molecule has 1 aromatic carbocycles. The smallest absolute Gasteiger partial charge is 0.325 e. The van der Waals surface area contributed by atoms with Gasteiger partial charge in [0.25, 0.3) is 0 Å². The van der Waals surface area contributed by atoms with Gasteiger partial charge in [0.1, 0.15) is 11.9 Å². The molecule has 0 bridgehead atoms. The van der Waals surface area contributed by atoms with Gasteiger partial charge in [-0.05, 0) is 43.3 Å². The third-order valence-corrected chi connectivity index (χ3v) is 3.47. The van der Waals surface area contributed by atoms with Crippen LogP contribution in [0.3, 0.4) is 0 Å². The highest BCUT2D eigenvalue weighted by atomic mass is 19.1. The van der Waals surface area contributed by atoms with E-state index in [1.54, 1.807) is 13.0 Å². The second-order valence-corrected chi connectivity index (χ2v) is 4.75. The number of carboxylic acid groups (broad SMARTS) is 1. The Balaban J connectivity index is 2.75. The van der Waals surface area contributed by atoms with E-state index in [1.807, 2.05) is 0 Å². The third kappa shape index (κ3) is 4.58. The Bertz CT molecular complexity index is 447. The number of benzene rings is 1. The van der Waals surface area contributed by atoms with Crippen LogP contribution in [0.4, 0.5) is 4.39 Å². The van der Waals surface area contributed by atoms with E-state index < -0.39 is 17.8 Å². The van der Waals surface area contributed by atoms with Gasteiger partial charge in [-0.2, -0.15) is 0 Å². The predicted molar refractivity (Wildman–Crippen MR) is 77.3 cm³/mol. The minimum absolute atomic E-state index is 0.414. The van der Waals surface area contributed by atoms with E-state index in [9.17, 15) is 14.3 Å². The summed E-state index contributed by atoms with van der Waals surface area (Å²) >= 11 is 0. The Kier molecular flexibility index (Phi) is 6.61. The van der Waals surface area contributed by atoms with Gasteiger partial charge in [-0.15, -0.1) is 0 Å². The molecule has 0 spiro atoms. The highest BCUT2D eigenvalue weighted by molar-refractivity contribution is 5.76. The second kappa shape index (κ2) is 7.97. The summed E-state index contributed by atoms with van der Waals surface area (Å²) in [4.78, 5) is 13.6. The molecular weight excluding hydrogens is 259 g/mol. The first-order valence-electron chi connectivity index (χ1n) is 6.94. The van der Waals surface area contributed by atoms with Gasteiger partial charge in [-0.25, -0.2) is 4.39 Å². The minimum Gasteiger partial charge on any atom is -0.480 e. The first-order valence-corrected chi connectivity index (χ1v) is 6.94. The van der Waals surface area contributed by atoms with Crippen molar-refractivity contribution in [2.75, 3.05) is 26.2 Å². The maximum atomic E-state index is 13.3. The van der Waals surface area contributed by atoms with Crippen molar-refractivity contribution in [2.24, 2.45) is 0 Å². The van der Waals surface area contributed by atoms with E-state index in [-0.39, 0.29) is 0 Å². The van der Waals surface area contributed by atoms with Gasteiger partial charge < -0.3 is 10.0 Å². The van der Waals surface area contributed by atoms with Crippen LogP contribution in [0.2, 0.25) is 0 Å². The van der Waals surface area contributed by atoms with Gasteiger partial charge in [-0.3, -0.25) is 10.1 Å². The zero-order chi connectivity index (χ0) is 15.1. The maximum Gasteiger partial charge on any atom is 0.325 e. The number of carbonyl (C=O) groups is 1. The van der Waals surface area contributed by atoms with Gasteiger partial charge in [-0.1, -0.05) is 19.9 Å². The van der Waals surface area contributed by atoms with Crippen molar-refractivity contribution in [1.82, 2.24) is 10.2 Å². The average Bonchev–Trinajstić information content (AvgIpc) is 2.42. The topological polar surface area (TPSA) is 52.6 Å². The summed E-state index contributed by atoms with van der Waals surface area (Å²) in [5.41, 5.74) is 1.26. The molecule has 0 radical (unpaired) electrons. The summed E-state index contributed by atoms with van der Waals surface area (Å²) < 4.78 is 13.3. The highest BCUT2D eigenvalue weighted by Gasteiger charge is 2.21. The summed E-state index contributed by atoms with van der Waals surface area (Å²) in [6.45, 7) is 9.09. The molecule has 1 aromatic rings. The highest BCUT2D eigenvalue weighted by Crippen LogP contribution is 2.19. The molecule has 0 heterocycles. The predicted octanol–water partition coefficient (Wildman–Crippen LogP) is 2.19. The van der Waals surface area contributed by atoms with Crippen molar-refractivity contribution in [3.63, 3.8) is 0 Å². The number of likely N-dealkylation sites (N-methyl/N-ethyl adjacent to an activating group) is 1. The second-order valence-electron chi connectivity index (χ2n) is 4.75. The maximum absolute atomic E-state index is 13.3. The molecule has 1 atom stereocenters. The number of hydrogen-bond donors (Lipinski definition) is 2. The molecule has 0 saturated carbocycles. The summed E-state index contributed by atoms with van der Waals surface area (Å²) in [7, 11) is 0. The van der Waals surface area contributed by atoms with Crippen molar-refractivity contribution in [1.29, 1.82) is 0 Å². The molecule has 1 unspecified atom stereocenters. The van der Waals surface area contributed by atoms with Crippen LogP contribution in [0.25, 0.3) is 0 Å². The molecule has 0 aliphatic heterocycles. The molecule has 2 N–H and O–H groups in total. The van der Waals surface area contributed by atoms with Gasteiger partial charge in [0.15, 0.2) is 0 Å². The zero-order valence-corrected chi connectivity index (χ0v) is 12.3. The average molecular weight is 282 g/mol. The summed E-state index contributed by atoms with van der Waals surface area (Å²) in [6, 6.07) is 3.36.